The first-order valence-corrected chi connectivity index (χ1v) is 9.11. The van der Waals surface area contributed by atoms with Crippen LogP contribution in [0.5, 0.6) is 23.0 Å². The molecule has 2 aromatic carbocycles. The Kier molecular flexibility index (Phi) is 6.82. The van der Waals surface area contributed by atoms with E-state index in [1.54, 1.807) is 34.5 Å². The van der Waals surface area contributed by atoms with Gasteiger partial charge in [-0.15, -0.1) is 0 Å². The van der Waals surface area contributed by atoms with Crippen LogP contribution >= 0.6 is 0 Å². The maximum Gasteiger partial charge on any atom is 0.161 e. The Balaban J connectivity index is 1.84. The highest BCUT2D eigenvalue weighted by Gasteiger charge is 2.03. The van der Waals surface area contributed by atoms with Crippen molar-refractivity contribution >= 4 is 0 Å². The smallest absolute Gasteiger partial charge is 0.161 e. The van der Waals surface area contributed by atoms with Gasteiger partial charge in [0.15, 0.2) is 11.5 Å². The normalized spacial score (nSPS) is 9.47. The Morgan fingerprint density at radius 1 is 0.567 bits per heavy atom. The maximum atomic E-state index is 5.31. The van der Waals surface area contributed by atoms with Crippen molar-refractivity contribution in [2.45, 2.75) is 0 Å². The predicted molar refractivity (Wildman–Crippen MR) is 115 cm³/mol. The summed E-state index contributed by atoms with van der Waals surface area (Å²) in [6.45, 7) is 0. The van der Waals surface area contributed by atoms with E-state index in [9.17, 15) is 0 Å². The third kappa shape index (κ3) is 5.25. The van der Waals surface area contributed by atoms with Gasteiger partial charge in [-0.2, -0.15) is 0 Å². The highest BCUT2D eigenvalue weighted by molar-refractivity contribution is 5.51. The average Bonchev–Trinajstić information content (AvgIpc) is 2.81. The molecule has 0 aliphatic carbocycles. The molecule has 0 spiro atoms. The zero-order valence-corrected chi connectivity index (χ0v) is 17.3. The van der Waals surface area contributed by atoms with E-state index in [0.29, 0.717) is 34.4 Å². The van der Waals surface area contributed by atoms with Crippen LogP contribution in [0.25, 0.3) is 0 Å². The van der Waals surface area contributed by atoms with Gasteiger partial charge in [-0.25, -0.2) is 4.98 Å². The molecule has 0 aliphatic heterocycles. The first kappa shape index (κ1) is 20.6. The molecule has 0 bridgehead atoms. The Morgan fingerprint density at radius 2 is 1.17 bits per heavy atom. The predicted octanol–water partition coefficient (Wildman–Crippen LogP) is 3.92. The first-order valence-electron chi connectivity index (χ1n) is 9.11. The van der Waals surface area contributed by atoms with Gasteiger partial charge in [0, 0.05) is 17.2 Å². The summed E-state index contributed by atoms with van der Waals surface area (Å²) in [6.07, 6.45) is 0. The van der Waals surface area contributed by atoms with Crippen LogP contribution in [0.15, 0.2) is 54.6 Å². The van der Waals surface area contributed by atoms with Gasteiger partial charge < -0.3 is 18.9 Å². The van der Waals surface area contributed by atoms with Crippen LogP contribution in [0, 0.1) is 23.7 Å². The molecule has 0 N–H and O–H groups in total. The molecular weight excluding hydrogens is 378 g/mol. The average molecular weight is 399 g/mol. The van der Waals surface area contributed by atoms with Gasteiger partial charge in [0.25, 0.3) is 0 Å². The van der Waals surface area contributed by atoms with Crippen LogP contribution in [0.1, 0.15) is 22.5 Å². The topological polar surface area (TPSA) is 49.8 Å². The quantitative estimate of drug-likeness (QED) is 0.623. The molecule has 0 fully saturated rings. The number of pyridine rings is 1. The fraction of sp³-hybridized carbons (Fsp3) is 0.160. The van der Waals surface area contributed by atoms with E-state index >= 15 is 0 Å². The Bertz CT molecular complexity index is 1140. The zero-order chi connectivity index (χ0) is 21.3. The van der Waals surface area contributed by atoms with Crippen molar-refractivity contribution in [1.29, 1.82) is 0 Å². The van der Waals surface area contributed by atoms with Crippen LogP contribution in [-0.2, 0) is 0 Å². The van der Waals surface area contributed by atoms with Crippen LogP contribution in [0.4, 0.5) is 0 Å². The van der Waals surface area contributed by atoms with Crippen molar-refractivity contribution < 1.29 is 18.9 Å². The third-order valence-corrected chi connectivity index (χ3v) is 4.15. The monoisotopic (exact) mass is 399 g/mol. The Morgan fingerprint density at radius 3 is 1.73 bits per heavy atom. The van der Waals surface area contributed by atoms with Crippen molar-refractivity contribution in [3.63, 3.8) is 0 Å². The molecule has 5 nitrogen and oxygen atoms in total. The molecule has 150 valence electrons. The van der Waals surface area contributed by atoms with Gasteiger partial charge in [-0.1, -0.05) is 17.9 Å². The second-order valence-corrected chi connectivity index (χ2v) is 6.08. The van der Waals surface area contributed by atoms with Crippen molar-refractivity contribution in [3.05, 3.63) is 77.1 Å². The summed E-state index contributed by atoms with van der Waals surface area (Å²) < 4.78 is 21.1. The van der Waals surface area contributed by atoms with E-state index < -0.39 is 0 Å². The summed E-state index contributed by atoms with van der Waals surface area (Å²) in [7, 11) is 6.40. The molecule has 1 heterocycles. The number of ether oxygens (including phenoxy) is 4. The highest BCUT2D eigenvalue weighted by Crippen LogP contribution is 2.27. The van der Waals surface area contributed by atoms with E-state index in [2.05, 4.69) is 28.7 Å². The summed E-state index contributed by atoms with van der Waals surface area (Å²) in [4.78, 5) is 4.50. The lowest BCUT2D eigenvalue weighted by Gasteiger charge is -2.06. The fourth-order valence-corrected chi connectivity index (χ4v) is 2.64. The number of rotatable bonds is 4. The lowest BCUT2D eigenvalue weighted by atomic mass is 10.2. The number of methoxy groups -OCH3 is 4. The molecule has 0 aliphatic rings. The molecule has 5 heteroatoms. The maximum absolute atomic E-state index is 5.31. The second-order valence-electron chi connectivity index (χ2n) is 6.08. The Labute approximate surface area is 176 Å². The summed E-state index contributed by atoms with van der Waals surface area (Å²) in [5, 5.41) is 0. The minimum absolute atomic E-state index is 0.621. The van der Waals surface area contributed by atoms with E-state index in [4.69, 9.17) is 18.9 Å². The van der Waals surface area contributed by atoms with Gasteiger partial charge in [-0.3, -0.25) is 0 Å². The summed E-state index contributed by atoms with van der Waals surface area (Å²) in [5.41, 5.74) is 2.82. The third-order valence-electron chi connectivity index (χ3n) is 4.15. The number of hydrogen-bond donors (Lipinski definition) is 0. The van der Waals surface area contributed by atoms with E-state index in [0.717, 1.165) is 11.1 Å². The van der Waals surface area contributed by atoms with Gasteiger partial charge in [0.1, 0.15) is 22.9 Å². The molecule has 3 aromatic rings. The molecule has 1 aromatic heterocycles. The lowest BCUT2D eigenvalue weighted by Crippen LogP contribution is -1.91. The van der Waals surface area contributed by atoms with Gasteiger partial charge >= 0.3 is 0 Å². The molecule has 3 rings (SSSR count). The highest BCUT2D eigenvalue weighted by atomic mass is 16.5. The molecule has 0 saturated heterocycles. The summed E-state index contributed by atoms with van der Waals surface area (Å²) in [5.74, 6) is 14.9. The molecule has 0 amide bonds. The minimum Gasteiger partial charge on any atom is -0.497 e. The fourth-order valence-electron chi connectivity index (χ4n) is 2.64. The molecule has 0 unspecified atom stereocenters. The Hall–Kier alpha value is -4.09. The first-order chi connectivity index (χ1) is 14.6. The molecule has 30 heavy (non-hydrogen) atoms. The standard InChI is InChI=1S/C25H21NO4/c1-27-22-14-19(15-23(17-22)28-2)9-12-21-7-5-6-20(26-21)11-8-18-10-13-24(29-3)25(16-18)30-4/h5-7,10,13-17H,1-4H3. The number of aromatic nitrogens is 1. The second kappa shape index (κ2) is 9.91. The van der Waals surface area contributed by atoms with Crippen LogP contribution in [0.2, 0.25) is 0 Å². The lowest BCUT2D eigenvalue weighted by molar-refractivity contribution is 0.355. The minimum atomic E-state index is 0.621. The number of nitrogens with zero attached hydrogens (tertiary/aromatic N) is 1. The van der Waals surface area contributed by atoms with E-state index in [1.807, 2.05) is 48.5 Å². The zero-order valence-electron chi connectivity index (χ0n) is 17.3. The number of hydrogen-bond acceptors (Lipinski definition) is 5. The van der Waals surface area contributed by atoms with Crippen LogP contribution in [0.3, 0.4) is 0 Å². The molecule has 0 saturated carbocycles. The van der Waals surface area contributed by atoms with E-state index in [1.165, 1.54) is 0 Å². The molecule has 0 atom stereocenters. The van der Waals surface area contributed by atoms with Crippen molar-refractivity contribution in [2.24, 2.45) is 0 Å². The largest absolute Gasteiger partial charge is 0.497 e. The van der Waals surface area contributed by atoms with Crippen molar-refractivity contribution in [3.8, 4) is 46.7 Å². The SMILES string of the molecule is COc1cc(C#Cc2cccc(C#Cc3ccc(OC)c(OC)c3)n2)cc(OC)c1. The van der Waals surface area contributed by atoms with Crippen LogP contribution < -0.4 is 18.9 Å². The summed E-state index contributed by atoms with van der Waals surface area (Å²) in [6, 6.07) is 16.6. The van der Waals surface area contributed by atoms with Gasteiger partial charge in [-0.05, 0) is 54.3 Å². The van der Waals surface area contributed by atoms with Crippen molar-refractivity contribution in [2.75, 3.05) is 28.4 Å². The number of benzene rings is 2. The summed E-state index contributed by atoms with van der Waals surface area (Å²) >= 11 is 0. The molecular formula is C25H21NO4. The van der Waals surface area contributed by atoms with Gasteiger partial charge in [0.05, 0.1) is 28.4 Å². The molecule has 0 radical (unpaired) electrons. The van der Waals surface area contributed by atoms with Crippen LogP contribution in [-0.4, -0.2) is 33.4 Å². The van der Waals surface area contributed by atoms with Crippen molar-refractivity contribution in [1.82, 2.24) is 4.98 Å². The van der Waals surface area contributed by atoms with Gasteiger partial charge in [0.2, 0.25) is 0 Å². The van der Waals surface area contributed by atoms with E-state index in [-0.39, 0.29) is 0 Å².